The molecule has 120 valence electrons. The molecule has 2 aliphatic heterocycles. The van der Waals surface area contributed by atoms with Crippen LogP contribution in [0.5, 0.6) is 0 Å². The van der Waals surface area contributed by atoms with Crippen LogP contribution in [0, 0.1) is 5.92 Å². The van der Waals surface area contributed by atoms with Gasteiger partial charge in [-0.15, -0.1) is 0 Å². The van der Waals surface area contributed by atoms with Gasteiger partial charge in [0.1, 0.15) is 0 Å². The van der Waals surface area contributed by atoms with Gasteiger partial charge in [-0.2, -0.15) is 0 Å². The van der Waals surface area contributed by atoms with Gasteiger partial charge in [-0.3, -0.25) is 9.78 Å². The van der Waals surface area contributed by atoms with Gasteiger partial charge in [0.25, 0.3) is 0 Å². The van der Waals surface area contributed by atoms with E-state index in [1.54, 1.807) is 6.92 Å². The van der Waals surface area contributed by atoms with Gasteiger partial charge in [-0.1, -0.05) is 6.92 Å². The molecule has 3 heterocycles. The molecule has 22 heavy (non-hydrogen) atoms. The highest BCUT2D eigenvalue weighted by Crippen LogP contribution is 2.28. The van der Waals surface area contributed by atoms with Crippen LogP contribution in [0.1, 0.15) is 51.1 Å². The minimum Gasteiger partial charge on any atom is -0.370 e. The number of pyridine rings is 1. The SMILES string of the molecule is CC(=O)N1CCCC(c2ccc(N3CCC(C)CC3)cn2)C1. The highest BCUT2D eigenvalue weighted by atomic mass is 16.2. The van der Waals surface area contributed by atoms with Crippen molar-refractivity contribution in [3.05, 3.63) is 24.0 Å². The third kappa shape index (κ3) is 3.42. The lowest BCUT2D eigenvalue weighted by Gasteiger charge is -2.33. The van der Waals surface area contributed by atoms with Crippen LogP contribution in [0.2, 0.25) is 0 Å². The molecule has 1 atom stereocenters. The Labute approximate surface area is 133 Å². The van der Waals surface area contributed by atoms with Crippen molar-refractivity contribution in [1.29, 1.82) is 0 Å². The van der Waals surface area contributed by atoms with E-state index in [9.17, 15) is 4.79 Å². The third-order valence-corrected chi connectivity index (χ3v) is 5.20. The number of amides is 1. The largest absolute Gasteiger partial charge is 0.370 e. The summed E-state index contributed by atoms with van der Waals surface area (Å²) in [5.74, 6) is 1.43. The molecular formula is C18H27N3O. The highest BCUT2D eigenvalue weighted by molar-refractivity contribution is 5.73. The molecule has 2 saturated heterocycles. The molecule has 3 rings (SSSR count). The van der Waals surface area contributed by atoms with Crippen molar-refractivity contribution < 1.29 is 4.79 Å². The van der Waals surface area contributed by atoms with E-state index in [1.807, 2.05) is 11.1 Å². The van der Waals surface area contributed by atoms with Crippen LogP contribution in [0.25, 0.3) is 0 Å². The first-order valence-electron chi connectivity index (χ1n) is 8.60. The van der Waals surface area contributed by atoms with Crippen molar-refractivity contribution in [2.24, 2.45) is 5.92 Å². The second-order valence-corrected chi connectivity index (χ2v) is 6.92. The molecule has 2 aliphatic rings. The molecule has 0 bridgehead atoms. The normalized spacial score (nSPS) is 23.6. The Bertz CT molecular complexity index is 506. The summed E-state index contributed by atoms with van der Waals surface area (Å²) in [7, 11) is 0. The highest BCUT2D eigenvalue weighted by Gasteiger charge is 2.24. The van der Waals surface area contributed by atoms with Crippen LogP contribution in [-0.4, -0.2) is 42.0 Å². The Morgan fingerprint density at radius 2 is 1.95 bits per heavy atom. The molecule has 0 N–H and O–H groups in total. The van der Waals surface area contributed by atoms with Gasteiger partial charge in [-0.25, -0.2) is 0 Å². The smallest absolute Gasteiger partial charge is 0.219 e. The first kappa shape index (κ1) is 15.3. The molecule has 0 spiro atoms. The first-order chi connectivity index (χ1) is 10.6. The van der Waals surface area contributed by atoms with Gasteiger partial charge in [0.15, 0.2) is 0 Å². The predicted molar refractivity (Wildman–Crippen MR) is 89.1 cm³/mol. The molecule has 0 radical (unpaired) electrons. The summed E-state index contributed by atoms with van der Waals surface area (Å²) >= 11 is 0. The van der Waals surface area contributed by atoms with Crippen molar-refractivity contribution in [2.75, 3.05) is 31.1 Å². The molecule has 2 fully saturated rings. The standard InChI is InChI=1S/C18H27N3O/c1-14-7-10-20(11-8-14)17-5-6-18(19-12-17)16-4-3-9-21(13-16)15(2)22/h5-6,12,14,16H,3-4,7-11,13H2,1-2H3. The van der Waals surface area contributed by atoms with E-state index in [0.29, 0.717) is 5.92 Å². The Hall–Kier alpha value is -1.58. The molecule has 0 saturated carbocycles. The summed E-state index contributed by atoms with van der Waals surface area (Å²) in [5, 5.41) is 0. The summed E-state index contributed by atoms with van der Waals surface area (Å²) < 4.78 is 0. The fraction of sp³-hybridized carbons (Fsp3) is 0.667. The Kier molecular flexibility index (Phi) is 4.65. The second-order valence-electron chi connectivity index (χ2n) is 6.92. The quantitative estimate of drug-likeness (QED) is 0.842. The van der Waals surface area contributed by atoms with Gasteiger partial charge in [0.05, 0.1) is 11.9 Å². The maximum absolute atomic E-state index is 11.6. The maximum atomic E-state index is 11.6. The van der Waals surface area contributed by atoms with Gasteiger partial charge < -0.3 is 9.80 Å². The van der Waals surface area contributed by atoms with E-state index in [0.717, 1.165) is 50.6 Å². The summed E-state index contributed by atoms with van der Waals surface area (Å²) in [6.45, 7) is 8.01. The van der Waals surface area contributed by atoms with Crippen LogP contribution in [0.4, 0.5) is 5.69 Å². The van der Waals surface area contributed by atoms with E-state index in [-0.39, 0.29) is 5.91 Å². The van der Waals surface area contributed by atoms with E-state index in [4.69, 9.17) is 4.98 Å². The van der Waals surface area contributed by atoms with Crippen LogP contribution >= 0.6 is 0 Å². The van der Waals surface area contributed by atoms with Crippen molar-refractivity contribution in [3.8, 4) is 0 Å². The van der Waals surface area contributed by atoms with Gasteiger partial charge in [0.2, 0.25) is 5.91 Å². The number of carbonyl (C=O) groups is 1. The predicted octanol–water partition coefficient (Wildman–Crippen LogP) is 3.04. The lowest BCUT2D eigenvalue weighted by molar-refractivity contribution is -0.130. The second kappa shape index (κ2) is 6.67. The zero-order valence-electron chi connectivity index (χ0n) is 13.8. The first-order valence-corrected chi connectivity index (χ1v) is 8.60. The lowest BCUT2D eigenvalue weighted by Crippen LogP contribution is -2.37. The van der Waals surface area contributed by atoms with Crippen LogP contribution < -0.4 is 4.90 Å². The zero-order chi connectivity index (χ0) is 15.5. The van der Waals surface area contributed by atoms with Crippen molar-refractivity contribution in [2.45, 2.75) is 45.4 Å². The van der Waals surface area contributed by atoms with Crippen molar-refractivity contribution in [1.82, 2.24) is 9.88 Å². The Balaban J connectivity index is 1.65. The summed E-state index contributed by atoms with van der Waals surface area (Å²) in [6, 6.07) is 4.38. The number of rotatable bonds is 2. The minimum absolute atomic E-state index is 0.184. The van der Waals surface area contributed by atoms with E-state index >= 15 is 0 Å². The van der Waals surface area contributed by atoms with E-state index in [1.165, 1.54) is 18.5 Å². The maximum Gasteiger partial charge on any atom is 0.219 e. The topological polar surface area (TPSA) is 36.4 Å². The number of piperidine rings is 2. The van der Waals surface area contributed by atoms with Crippen LogP contribution in [0.3, 0.4) is 0 Å². The molecule has 0 aromatic carbocycles. The van der Waals surface area contributed by atoms with Crippen LogP contribution in [-0.2, 0) is 4.79 Å². The minimum atomic E-state index is 0.184. The molecule has 4 heteroatoms. The summed E-state index contributed by atoms with van der Waals surface area (Å²) in [4.78, 5) is 20.7. The number of anilines is 1. The number of hydrogen-bond donors (Lipinski definition) is 0. The number of aromatic nitrogens is 1. The monoisotopic (exact) mass is 301 g/mol. The van der Waals surface area contributed by atoms with E-state index in [2.05, 4.69) is 24.0 Å². The number of nitrogens with zero attached hydrogens (tertiary/aromatic N) is 3. The lowest BCUT2D eigenvalue weighted by atomic mass is 9.94. The van der Waals surface area contributed by atoms with Crippen molar-refractivity contribution in [3.63, 3.8) is 0 Å². The summed E-state index contributed by atoms with van der Waals surface area (Å²) in [5.41, 5.74) is 2.38. The van der Waals surface area contributed by atoms with Crippen LogP contribution in [0.15, 0.2) is 18.3 Å². The molecule has 1 amide bonds. The molecule has 0 aliphatic carbocycles. The number of carbonyl (C=O) groups excluding carboxylic acids is 1. The van der Waals surface area contributed by atoms with E-state index < -0.39 is 0 Å². The van der Waals surface area contributed by atoms with Gasteiger partial charge in [-0.05, 0) is 43.7 Å². The third-order valence-electron chi connectivity index (χ3n) is 5.20. The Morgan fingerprint density at radius 3 is 2.59 bits per heavy atom. The Morgan fingerprint density at radius 1 is 1.18 bits per heavy atom. The molecule has 1 aromatic rings. The average molecular weight is 301 g/mol. The van der Waals surface area contributed by atoms with Gasteiger partial charge in [0, 0.05) is 44.7 Å². The average Bonchev–Trinajstić information content (AvgIpc) is 2.56. The molecular weight excluding hydrogens is 274 g/mol. The fourth-order valence-electron chi connectivity index (χ4n) is 3.60. The van der Waals surface area contributed by atoms with Gasteiger partial charge >= 0.3 is 0 Å². The van der Waals surface area contributed by atoms with Crippen molar-refractivity contribution >= 4 is 11.6 Å². The number of hydrogen-bond acceptors (Lipinski definition) is 3. The zero-order valence-corrected chi connectivity index (χ0v) is 13.8. The number of likely N-dealkylation sites (tertiary alicyclic amines) is 1. The fourth-order valence-corrected chi connectivity index (χ4v) is 3.60. The molecule has 1 aromatic heterocycles. The molecule has 4 nitrogen and oxygen atoms in total. The summed E-state index contributed by atoms with van der Waals surface area (Å²) in [6.07, 6.45) is 6.79. The molecule has 1 unspecified atom stereocenters.